The second-order valence-electron chi connectivity index (χ2n) is 2.28. The number of rotatable bonds is 1. The minimum absolute atomic E-state index is 0.0679. The van der Waals surface area contributed by atoms with Gasteiger partial charge in [0.15, 0.2) is 5.82 Å². The van der Waals surface area contributed by atoms with E-state index in [-0.39, 0.29) is 5.50 Å². The van der Waals surface area contributed by atoms with E-state index in [0.717, 1.165) is 5.82 Å². The van der Waals surface area contributed by atoms with E-state index in [1.165, 1.54) is 0 Å². The summed E-state index contributed by atoms with van der Waals surface area (Å²) in [6.07, 6.45) is 6.89. The van der Waals surface area contributed by atoms with Crippen LogP contribution >= 0.6 is 11.8 Å². The molecule has 2 rings (SSSR count). The van der Waals surface area contributed by atoms with Crippen molar-refractivity contribution in [1.29, 1.82) is 0 Å². The molecule has 0 radical (unpaired) electrons. The Labute approximate surface area is 74.5 Å². The van der Waals surface area contributed by atoms with E-state index in [1.807, 2.05) is 16.5 Å². The molecule has 0 amide bonds. The highest BCUT2D eigenvalue weighted by Crippen LogP contribution is 2.24. The van der Waals surface area contributed by atoms with Gasteiger partial charge in [-0.1, -0.05) is 11.8 Å². The van der Waals surface area contributed by atoms with Gasteiger partial charge in [-0.05, 0) is 5.41 Å². The van der Waals surface area contributed by atoms with Gasteiger partial charge in [-0.15, -0.1) is 0 Å². The van der Waals surface area contributed by atoms with Gasteiger partial charge in [-0.3, -0.25) is 4.98 Å². The molecule has 0 aliphatic carbocycles. The monoisotopic (exact) mass is 180 g/mol. The molecule has 0 bridgehead atoms. The van der Waals surface area contributed by atoms with E-state index in [9.17, 15) is 0 Å². The third-order valence-corrected chi connectivity index (χ3v) is 2.31. The maximum atomic E-state index is 5.77. The molecule has 1 aliphatic rings. The Balaban J connectivity index is 2.25. The number of anilines is 1. The molecule has 12 heavy (non-hydrogen) atoms. The smallest absolute Gasteiger partial charge is 0.153 e. The van der Waals surface area contributed by atoms with Gasteiger partial charge in [0, 0.05) is 18.6 Å². The van der Waals surface area contributed by atoms with Crippen LogP contribution < -0.4 is 10.6 Å². The summed E-state index contributed by atoms with van der Waals surface area (Å²) < 4.78 is 0. The van der Waals surface area contributed by atoms with Gasteiger partial charge in [-0.25, -0.2) is 4.98 Å². The fourth-order valence-electron chi connectivity index (χ4n) is 0.963. The van der Waals surface area contributed by atoms with Crippen LogP contribution in [0.4, 0.5) is 5.82 Å². The third kappa shape index (κ3) is 1.28. The topological polar surface area (TPSA) is 55.0 Å². The average Bonchev–Trinajstić information content (AvgIpc) is 2.53. The van der Waals surface area contributed by atoms with Crippen molar-refractivity contribution in [3.8, 4) is 0 Å². The molecule has 2 heterocycles. The van der Waals surface area contributed by atoms with Gasteiger partial charge in [0.2, 0.25) is 0 Å². The summed E-state index contributed by atoms with van der Waals surface area (Å²) in [6, 6.07) is 0. The fourth-order valence-corrected chi connectivity index (χ4v) is 1.63. The van der Waals surface area contributed by atoms with Crippen molar-refractivity contribution < 1.29 is 0 Å². The van der Waals surface area contributed by atoms with Crippen molar-refractivity contribution in [2.45, 2.75) is 5.50 Å². The molecule has 4 nitrogen and oxygen atoms in total. The van der Waals surface area contributed by atoms with Crippen molar-refractivity contribution >= 4 is 17.6 Å². The van der Waals surface area contributed by atoms with Crippen LogP contribution in [0.3, 0.4) is 0 Å². The summed E-state index contributed by atoms with van der Waals surface area (Å²) in [5.41, 5.74) is 5.70. The molecule has 0 fully saturated rings. The van der Waals surface area contributed by atoms with Crippen LogP contribution in [0.1, 0.15) is 0 Å². The van der Waals surface area contributed by atoms with Gasteiger partial charge in [0.25, 0.3) is 0 Å². The molecule has 0 spiro atoms. The Morgan fingerprint density at radius 2 is 2.42 bits per heavy atom. The fraction of sp³-hybridized carbons (Fsp3) is 0.143. The molecule has 62 valence electrons. The van der Waals surface area contributed by atoms with Crippen LogP contribution in [0.5, 0.6) is 0 Å². The van der Waals surface area contributed by atoms with Gasteiger partial charge in [0.1, 0.15) is 5.50 Å². The summed E-state index contributed by atoms with van der Waals surface area (Å²) in [6.45, 7) is 0. The summed E-state index contributed by atoms with van der Waals surface area (Å²) in [5, 5.41) is 1.94. The van der Waals surface area contributed by atoms with E-state index >= 15 is 0 Å². The molecule has 1 atom stereocenters. The SMILES string of the molecule is NC1SC=CN1c1cnccn1. The zero-order valence-electron chi connectivity index (χ0n) is 6.29. The largest absolute Gasteiger partial charge is 0.306 e. The lowest BCUT2D eigenvalue weighted by Crippen LogP contribution is -2.32. The molecule has 1 unspecified atom stereocenters. The molecular weight excluding hydrogens is 172 g/mol. The van der Waals surface area contributed by atoms with Crippen LogP contribution in [-0.2, 0) is 0 Å². The van der Waals surface area contributed by atoms with Crippen LogP contribution in [0, 0.1) is 0 Å². The average molecular weight is 180 g/mol. The van der Waals surface area contributed by atoms with Crippen LogP contribution in [0.25, 0.3) is 0 Å². The Morgan fingerprint density at radius 1 is 1.50 bits per heavy atom. The molecule has 0 saturated heterocycles. The molecule has 1 aromatic rings. The van der Waals surface area contributed by atoms with E-state index in [1.54, 1.807) is 30.4 Å². The van der Waals surface area contributed by atoms with Crippen LogP contribution in [-0.4, -0.2) is 15.5 Å². The van der Waals surface area contributed by atoms with Gasteiger partial charge >= 0.3 is 0 Å². The first-order valence-electron chi connectivity index (χ1n) is 3.50. The Kier molecular flexibility index (Phi) is 1.97. The zero-order chi connectivity index (χ0) is 8.39. The maximum absolute atomic E-state index is 5.77. The second-order valence-corrected chi connectivity index (χ2v) is 3.31. The van der Waals surface area contributed by atoms with Crippen molar-refractivity contribution in [2.24, 2.45) is 5.73 Å². The molecule has 2 N–H and O–H groups in total. The number of nitrogens with zero attached hydrogens (tertiary/aromatic N) is 3. The predicted molar refractivity (Wildman–Crippen MR) is 49.2 cm³/mol. The minimum Gasteiger partial charge on any atom is -0.306 e. The first kappa shape index (κ1) is 7.57. The minimum atomic E-state index is -0.0679. The molecule has 1 aliphatic heterocycles. The van der Waals surface area contributed by atoms with Crippen molar-refractivity contribution in [2.75, 3.05) is 4.90 Å². The maximum Gasteiger partial charge on any atom is 0.153 e. The van der Waals surface area contributed by atoms with Gasteiger partial charge in [0.05, 0.1) is 6.20 Å². The highest BCUT2D eigenvalue weighted by atomic mass is 32.2. The van der Waals surface area contributed by atoms with Crippen LogP contribution in [0.2, 0.25) is 0 Å². The number of aromatic nitrogens is 2. The van der Waals surface area contributed by atoms with Crippen molar-refractivity contribution in [3.05, 3.63) is 30.2 Å². The number of thioether (sulfide) groups is 1. The Hall–Kier alpha value is -1.07. The third-order valence-electron chi connectivity index (χ3n) is 1.53. The molecular formula is C7H8N4S. The Morgan fingerprint density at radius 3 is 3.00 bits per heavy atom. The second kappa shape index (κ2) is 3.12. The number of nitrogens with two attached hydrogens (primary N) is 1. The zero-order valence-corrected chi connectivity index (χ0v) is 7.11. The van der Waals surface area contributed by atoms with Gasteiger partial charge < -0.3 is 10.6 Å². The van der Waals surface area contributed by atoms with E-state index in [0.29, 0.717) is 0 Å². The molecule has 0 aromatic carbocycles. The number of hydrogen-bond acceptors (Lipinski definition) is 5. The van der Waals surface area contributed by atoms with Gasteiger partial charge in [-0.2, -0.15) is 0 Å². The first-order chi connectivity index (χ1) is 5.88. The lowest BCUT2D eigenvalue weighted by Gasteiger charge is -2.18. The first-order valence-corrected chi connectivity index (χ1v) is 4.44. The molecule has 1 aromatic heterocycles. The van der Waals surface area contributed by atoms with E-state index in [2.05, 4.69) is 9.97 Å². The van der Waals surface area contributed by atoms with E-state index < -0.39 is 0 Å². The summed E-state index contributed by atoms with van der Waals surface area (Å²) >= 11 is 1.56. The predicted octanol–water partition coefficient (Wildman–Crippen LogP) is 0.743. The Bertz CT molecular complexity index is 287. The lowest BCUT2D eigenvalue weighted by atomic mass is 10.6. The lowest BCUT2D eigenvalue weighted by molar-refractivity contribution is 0.897. The normalized spacial score (nSPS) is 21.8. The standard InChI is InChI=1S/C7H8N4S/c8-7-11(3-4-12-7)6-5-9-1-2-10-6/h1-5,7H,8H2. The van der Waals surface area contributed by atoms with Crippen molar-refractivity contribution in [3.63, 3.8) is 0 Å². The molecule has 5 heteroatoms. The molecule has 0 saturated carbocycles. The van der Waals surface area contributed by atoms with Crippen LogP contribution in [0.15, 0.2) is 30.2 Å². The van der Waals surface area contributed by atoms with E-state index in [4.69, 9.17) is 5.73 Å². The summed E-state index contributed by atoms with van der Waals surface area (Å²) in [7, 11) is 0. The quantitative estimate of drug-likeness (QED) is 0.691. The highest BCUT2D eigenvalue weighted by Gasteiger charge is 2.17. The summed E-state index contributed by atoms with van der Waals surface area (Å²) in [4.78, 5) is 9.96. The number of hydrogen-bond donors (Lipinski definition) is 1. The summed E-state index contributed by atoms with van der Waals surface area (Å²) in [5.74, 6) is 0.784. The highest BCUT2D eigenvalue weighted by molar-refractivity contribution is 8.03. The van der Waals surface area contributed by atoms with Crippen molar-refractivity contribution in [1.82, 2.24) is 9.97 Å².